The van der Waals surface area contributed by atoms with Gasteiger partial charge in [0.05, 0.1) is 18.2 Å². The van der Waals surface area contributed by atoms with E-state index < -0.39 is 11.8 Å². The molecular formula is C12H11NO4. The lowest BCUT2D eigenvalue weighted by atomic mass is 10.1. The van der Waals surface area contributed by atoms with Crippen molar-refractivity contribution in [2.24, 2.45) is 0 Å². The molecule has 0 unspecified atom stereocenters. The highest BCUT2D eigenvalue weighted by atomic mass is 16.5. The average Bonchev–Trinajstić information content (AvgIpc) is 2.62. The van der Waals surface area contributed by atoms with Gasteiger partial charge in [0.15, 0.2) is 0 Å². The maximum atomic E-state index is 11.5. The number of aryl methyl sites for hydroxylation is 1. The maximum Gasteiger partial charge on any atom is 0.377 e. The number of benzene rings is 1. The summed E-state index contributed by atoms with van der Waals surface area (Å²) in [6.07, 6.45) is 0. The third kappa shape index (κ3) is 1.75. The van der Waals surface area contributed by atoms with Crippen LogP contribution in [0.4, 0.5) is 0 Å². The van der Waals surface area contributed by atoms with Crippen LogP contribution in [0.3, 0.4) is 0 Å². The highest BCUT2D eigenvalue weighted by Gasteiger charge is 2.21. The minimum atomic E-state index is -1.45. The van der Waals surface area contributed by atoms with Crippen molar-refractivity contribution in [1.29, 1.82) is 0 Å². The van der Waals surface area contributed by atoms with E-state index in [1.54, 1.807) is 32.2 Å². The number of methoxy groups -OCH3 is 1. The van der Waals surface area contributed by atoms with E-state index in [0.717, 1.165) is 0 Å². The largest absolute Gasteiger partial charge is 0.497 e. The molecule has 0 saturated carbocycles. The van der Waals surface area contributed by atoms with Gasteiger partial charge in [0.2, 0.25) is 0 Å². The van der Waals surface area contributed by atoms with Gasteiger partial charge in [-0.1, -0.05) is 0 Å². The fourth-order valence-electron chi connectivity index (χ4n) is 1.84. The van der Waals surface area contributed by atoms with Crippen LogP contribution in [0.1, 0.15) is 16.1 Å². The molecule has 1 heterocycles. The number of Topliss-reactive ketones (excluding diaryl/α,β-unsaturated/α-hetero) is 1. The number of hydrogen-bond donors (Lipinski definition) is 2. The van der Waals surface area contributed by atoms with Crippen LogP contribution in [-0.4, -0.2) is 29.0 Å². The van der Waals surface area contributed by atoms with Gasteiger partial charge in [0.25, 0.3) is 5.78 Å². The summed E-state index contributed by atoms with van der Waals surface area (Å²) in [5.74, 6) is -1.71. The fraction of sp³-hybridized carbons (Fsp3) is 0.167. The number of carboxylic acid groups (broad SMARTS) is 1. The molecule has 0 saturated heterocycles. The summed E-state index contributed by atoms with van der Waals surface area (Å²) in [6, 6.07) is 5.09. The lowest BCUT2D eigenvalue weighted by Gasteiger charge is -1.99. The van der Waals surface area contributed by atoms with Crippen molar-refractivity contribution in [1.82, 2.24) is 4.98 Å². The predicted molar refractivity (Wildman–Crippen MR) is 61.6 cm³/mol. The first-order chi connectivity index (χ1) is 8.04. The average molecular weight is 233 g/mol. The predicted octanol–water partition coefficient (Wildman–Crippen LogP) is 1.75. The second-order valence-electron chi connectivity index (χ2n) is 3.67. The number of ether oxygens (including phenoxy) is 1. The number of nitrogens with one attached hydrogen (secondary N) is 1. The Morgan fingerprint density at radius 2 is 2.06 bits per heavy atom. The van der Waals surface area contributed by atoms with Crippen molar-refractivity contribution in [2.75, 3.05) is 7.11 Å². The zero-order chi connectivity index (χ0) is 12.6. The van der Waals surface area contributed by atoms with Gasteiger partial charge in [0.1, 0.15) is 5.75 Å². The first-order valence-corrected chi connectivity index (χ1v) is 4.98. The Bertz CT molecular complexity index is 612. The first-order valence-electron chi connectivity index (χ1n) is 4.98. The molecular weight excluding hydrogens is 222 g/mol. The summed E-state index contributed by atoms with van der Waals surface area (Å²) in [5.41, 5.74) is 1.43. The van der Waals surface area contributed by atoms with Crippen LogP contribution >= 0.6 is 0 Å². The minimum Gasteiger partial charge on any atom is -0.497 e. The molecule has 5 nitrogen and oxygen atoms in total. The molecule has 5 heteroatoms. The van der Waals surface area contributed by atoms with E-state index in [9.17, 15) is 9.59 Å². The number of carboxylic acids is 1. The molecule has 0 spiro atoms. The number of carbonyl (C=O) groups is 2. The molecule has 0 fully saturated rings. The zero-order valence-electron chi connectivity index (χ0n) is 9.40. The molecule has 0 radical (unpaired) electrons. The monoisotopic (exact) mass is 233 g/mol. The van der Waals surface area contributed by atoms with E-state index in [1.165, 1.54) is 0 Å². The number of aromatic amines is 1. The van der Waals surface area contributed by atoms with Crippen molar-refractivity contribution in [3.05, 3.63) is 29.5 Å². The standard InChI is InChI=1S/C12H11NO4/c1-6-10(11(14)12(15)16)8-4-3-7(17-2)5-9(8)13-6/h3-5,13H,1-2H3,(H,15,16). The molecule has 2 aromatic rings. The molecule has 0 atom stereocenters. The maximum absolute atomic E-state index is 11.5. The molecule has 2 rings (SSSR count). The molecule has 1 aromatic carbocycles. The smallest absolute Gasteiger partial charge is 0.377 e. The Labute approximate surface area is 97.0 Å². The SMILES string of the molecule is COc1ccc2c(C(=O)C(=O)O)c(C)[nH]c2c1. The summed E-state index contributed by atoms with van der Waals surface area (Å²) in [7, 11) is 1.54. The van der Waals surface area contributed by atoms with Gasteiger partial charge in [-0.15, -0.1) is 0 Å². The van der Waals surface area contributed by atoms with Gasteiger partial charge in [-0.3, -0.25) is 4.79 Å². The van der Waals surface area contributed by atoms with E-state index in [2.05, 4.69) is 4.98 Å². The van der Waals surface area contributed by atoms with Crippen LogP contribution < -0.4 is 4.74 Å². The molecule has 0 bridgehead atoms. The molecule has 0 aliphatic rings. The second-order valence-corrected chi connectivity index (χ2v) is 3.67. The number of rotatable bonds is 3. The Hall–Kier alpha value is -2.30. The lowest BCUT2D eigenvalue weighted by Crippen LogP contribution is -2.13. The summed E-state index contributed by atoms with van der Waals surface area (Å²) < 4.78 is 5.06. The van der Waals surface area contributed by atoms with Gasteiger partial charge in [-0.2, -0.15) is 0 Å². The van der Waals surface area contributed by atoms with Crippen LogP contribution in [0.25, 0.3) is 10.9 Å². The summed E-state index contributed by atoms with van der Waals surface area (Å²) >= 11 is 0. The highest BCUT2D eigenvalue weighted by Crippen LogP contribution is 2.26. The van der Waals surface area contributed by atoms with Gasteiger partial charge in [-0.25, -0.2) is 4.79 Å². The molecule has 88 valence electrons. The highest BCUT2D eigenvalue weighted by molar-refractivity contribution is 6.42. The molecule has 0 aliphatic carbocycles. The van der Waals surface area contributed by atoms with Crippen LogP contribution in [0.5, 0.6) is 5.75 Å². The number of hydrogen-bond acceptors (Lipinski definition) is 3. The zero-order valence-corrected chi connectivity index (χ0v) is 9.40. The summed E-state index contributed by atoms with van der Waals surface area (Å²) in [5, 5.41) is 9.34. The normalized spacial score (nSPS) is 10.5. The molecule has 0 aliphatic heterocycles. The van der Waals surface area contributed by atoms with Gasteiger partial charge in [-0.05, 0) is 19.1 Å². The van der Waals surface area contributed by atoms with Gasteiger partial charge in [0, 0.05) is 17.1 Å². The Morgan fingerprint density at radius 1 is 1.35 bits per heavy atom. The number of aliphatic carboxylic acids is 1. The minimum absolute atomic E-state index is 0.204. The molecule has 0 amide bonds. The molecule has 2 N–H and O–H groups in total. The van der Waals surface area contributed by atoms with Crippen molar-refractivity contribution in [3.8, 4) is 5.75 Å². The summed E-state index contributed by atoms with van der Waals surface area (Å²) in [4.78, 5) is 25.2. The van der Waals surface area contributed by atoms with E-state index in [0.29, 0.717) is 22.3 Å². The number of ketones is 1. The van der Waals surface area contributed by atoms with E-state index in [4.69, 9.17) is 9.84 Å². The summed E-state index contributed by atoms with van der Waals surface area (Å²) in [6.45, 7) is 1.67. The van der Waals surface area contributed by atoms with Gasteiger partial charge >= 0.3 is 5.97 Å². The number of carbonyl (C=O) groups excluding carboxylic acids is 1. The third-order valence-electron chi connectivity index (χ3n) is 2.61. The fourth-order valence-corrected chi connectivity index (χ4v) is 1.84. The number of fused-ring (bicyclic) bond motifs is 1. The van der Waals surface area contributed by atoms with Crippen LogP contribution in [0, 0.1) is 6.92 Å². The van der Waals surface area contributed by atoms with E-state index >= 15 is 0 Å². The third-order valence-corrected chi connectivity index (χ3v) is 2.61. The van der Waals surface area contributed by atoms with Crippen LogP contribution in [0.15, 0.2) is 18.2 Å². The topological polar surface area (TPSA) is 79.4 Å². The number of aromatic nitrogens is 1. The van der Waals surface area contributed by atoms with Crippen molar-refractivity contribution in [3.63, 3.8) is 0 Å². The molecule has 17 heavy (non-hydrogen) atoms. The Kier molecular flexibility index (Phi) is 2.59. The number of H-pyrrole nitrogens is 1. The lowest BCUT2D eigenvalue weighted by molar-refractivity contribution is -0.131. The Morgan fingerprint density at radius 3 is 2.65 bits per heavy atom. The van der Waals surface area contributed by atoms with Crippen molar-refractivity contribution < 1.29 is 19.4 Å². The molecule has 1 aromatic heterocycles. The first kappa shape index (κ1) is 11.2. The van der Waals surface area contributed by atoms with Crippen molar-refractivity contribution in [2.45, 2.75) is 6.92 Å². The van der Waals surface area contributed by atoms with Gasteiger partial charge < -0.3 is 14.8 Å². The van der Waals surface area contributed by atoms with Crippen molar-refractivity contribution >= 4 is 22.7 Å². The van der Waals surface area contributed by atoms with Crippen LogP contribution in [0.2, 0.25) is 0 Å². The Balaban J connectivity index is 2.68. The van der Waals surface area contributed by atoms with E-state index in [-0.39, 0.29) is 5.56 Å². The van der Waals surface area contributed by atoms with Crippen LogP contribution in [-0.2, 0) is 4.79 Å². The quantitative estimate of drug-likeness (QED) is 0.625. The van der Waals surface area contributed by atoms with E-state index in [1.807, 2.05) is 0 Å². The second kappa shape index (κ2) is 3.93.